The third kappa shape index (κ3) is 3.41. The summed E-state index contributed by atoms with van der Waals surface area (Å²) in [5, 5.41) is 3.21. The summed E-state index contributed by atoms with van der Waals surface area (Å²) >= 11 is 0. The molecule has 0 unspecified atom stereocenters. The van der Waals surface area contributed by atoms with E-state index in [0.29, 0.717) is 24.9 Å². The van der Waals surface area contributed by atoms with Gasteiger partial charge in [-0.15, -0.1) is 0 Å². The molecule has 0 bridgehead atoms. The lowest BCUT2D eigenvalue weighted by Gasteiger charge is -2.08. The largest absolute Gasteiger partial charge is 0.478 e. The second-order valence-electron chi connectivity index (χ2n) is 3.75. The summed E-state index contributed by atoms with van der Waals surface area (Å²) in [6.07, 6.45) is 1.77. The minimum atomic E-state index is 0.591. The van der Waals surface area contributed by atoms with Gasteiger partial charge in [0, 0.05) is 12.3 Å². The van der Waals surface area contributed by atoms with E-state index in [1.165, 1.54) is 0 Å². The summed E-state index contributed by atoms with van der Waals surface area (Å²) in [5.41, 5.74) is 0.965. The van der Waals surface area contributed by atoms with E-state index in [2.05, 4.69) is 20.3 Å². The van der Waals surface area contributed by atoms with Gasteiger partial charge in [0.1, 0.15) is 11.6 Å². The quantitative estimate of drug-likeness (QED) is 0.873. The molecule has 5 nitrogen and oxygen atoms in total. The minimum Gasteiger partial charge on any atom is -0.478 e. The molecule has 0 atom stereocenters. The molecule has 0 amide bonds. The maximum absolute atomic E-state index is 5.37. The fourth-order valence-electron chi connectivity index (χ4n) is 1.54. The molecule has 0 radical (unpaired) electrons. The van der Waals surface area contributed by atoms with E-state index in [0.717, 1.165) is 11.5 Å². The number of hydrogen-bond acceptors (Lipinski definition) is 5. The Morgan fingerprint density at radius 1 is 1.28 bits per heavy atom. The van der Waals surface area contributed by atoms with Gasteiger partial charge in [0.25, 0.3) is 0 Å². The molecule has 94 valence electrons. The molecule has 0 fully saturated rings. The van der Waals surface area contributed by atoms with Crippen molar-refractivity contribution >= 4 is 5.82 Å². The molecule has 0 saturated carbocycles. The van der Waals surface area contributed by atoms with Gasteiger partial charge < -0.3 is 10.1 Å². The zero-order valence-electron chi connectivity index (χ0n) is 10.6. The van der Waals surface area contributed by atoms with Crippen LogP contribution in [0.4, 0.5) is 5.82 Å². The van der Waals surface area contributed by atoms with E-state index < -0.39 is 0 Å². The van der Waals surface area contributed by atoms with E-state index in [1.807, 2.05) is 32.0 Å². The summed E-state index contributed by atoms with van der Waals surface area (Å²) in [6.45, 7) is 4.99. The summed E-state index contributed by atoms with van der Waals surface area (Å²) in [5.74, 6) is 2.02. The predicted octanol–water partition coefficient (Wildman–Crippen LogP) is 2.19. The molecular weight excluding hydrogens is 228 g/mol. The van der Waals surface area contributed by atoms with Crippen molar-refractivity contribution in [1.29, 1.82) is 0 Å². The third-order valence-corrected chi connectivity index (χ3v) is 2.28. The minimum absolute atomic E-state index is 0.591. The fraction of sp³-hybridized carbons (Fsp3) is 0.308. The van der Waals surface area contributed by atoms with Gasteiger partial charge in [0.2, 0.25) is 5.88 Å². The van der Waals surface area contributed by atoms with E-state index in [4.69, 9.17) is 4.74 Å². The third-order valence-electron chi connectivity index (χ3n) is 2.28. The van der Waals surface area contributed by atoms with Crippen LogP contribution in [0.1, 0.15) is 18.4 Å². The first-order valence-corrected chi connectivity index (χ1v) is 5.90. The Kier molecular flexibility index (Phi) is 4.06. The van der Waals surface area contributed by atoms with Crippen molar-refractivity contribution in [2.24, 2.45) is 0 Å². The fourth-order valence-corrected chi connectivity index (χ4v) is 1.54. The highest BCUT2D eigenvalue weighted by atomic mass is 16.5. The van der Waals surface area contributed by atoms with Gasteiger partial charge >= 0.3 is 0 Å². The number of anilines is 1. The van der Waals surface area contributed by atoms with Crippen LogP contribution in [-0.4, -0.2) is 21.6 Å². The van der Waals surface area contributed by atoms with Crippen molar-refractivity contribution in [1.82, 2.24) is 15.0 Å². The first-order chi connectivity index (χ1) is 8.78. The lowest BCUT2D eigenvalue weighted by molar-refractivity contribution is 0.325. The zero-order valence-corrected chi connectivity index (χ0v) is 10.6. The Morgan fingerprint density at radius 2 is 2.17 bits per heavy atom. The van der Waals surface area contributed by atoms with Crippen LogP contribution < -0.4 is 10.1 Å². The molecule has 18 heavy (non-hydrogen) atoms. The van der Waals surface area contributed by atoms with Crippen molar-refractivity contribution in [3.63, 3.8) is 0 Å². The van der Waals surface area contributed by atoms with Crippen LogP contribution in [0.15, 0.2) is 30.5 Å². The van der Waals surface area contributed by atoms with Crippen molar-refractivity contribution in [3.8, 4) is 5.88 Å². The standard InChI is InChI=1S/C13H16N4O/c1-3-18-13-8-12(16-10(2)17-13)15-9-11-6-4-5-7-14-11/h4-8H,3,9H2,1-2H3,(H,15,16,17). The Balaban J connectivity index is 2.05. The van der Waals surface area contributed by atoms with E-state index in [-0.39, 0.29) is 0 Å². The zero-order chi connectivity index (χ0) is 12.8. The molecule has 0 aliphatic carbocycles. The van der Waals surface area contributed by atoms with Crippen molar-refractivity contribution in [2.45, 2.75) is 20.4 Å². The van der Waals surface area contributed by atoms with E-state index >= 15 is 0 Å². The number of hydrogen-bond donors (Lipinski definition) is 1. The van der Waals surface area contributed by atoms with Crippen LogP contribution in [0.25, 0.3) is 0 Å². The summed E-state index contributed by atoms with van der Waals surface area (Å²) < 4.78 is 5.37. The molecule has 1 N–H and O–H groups in total. The average molecular weight is 244 g/mol. The Bertz CT molecular complexity index is 502. The number of nitrogens with zero attached hydrogens (tertiary/aromatic N) is 3. The molecule has 5 heteroatoms. The lowest BCUT2D eigenvalue weighted by Crippen LogP contribution is -2.05. The highest BCUT2D eigenvalue weighted by molar-refractivity contribution is 5.38. The average Bonchev–Trinajstić information content (AvgIpc) is 2.37. The summed E-state index contributed by atoms with van der Waals surface area (Å²) in [4.78, 5) is 12.7. The smallest absolute Gasteiger partial charge is 0.218 e. The van der Waals surface area contributed by atoms with Crippen LogP contribution in [0, 0.1) is 6.92 Å². The van der Waals surface area contributed by atoms with E-state index in [1.54, 1.807) is 12.3 Å². The number of ether oxygens (including phenoxy) is 1. The molecule has 2 rings (SSSR count). The van der Waals surface area contributed by atoms with Crippen molar-refractivity contribution < 1.29 is 4.74 Å². The molecule has 0 aliphatic rings. The highest BCUT2D eigenvalue weighted by Gasteiger charge is 2.02. The lowest BCUT2D eigenvalue weighted by atomic mass is 10.3. The second kappa shape index (κ2) is 5.95. The summed E-state index contributed by atoms with van der Waals surface area (Å²) in [6, 6.07) is 7.61. The SMILES string of the molecule is CCOc1cc(NCc2ccccn2)nc(C)n1. The van der Waals surface area contributed by atoms with Crippen LogP contribution in [-0.2, 0) is 6.54 Å². The van der Waals surface area contributed by atoms with Crippen molar-refractivity contribution in [2.75, 3.05) is 11.9 Å². The monoisotopic (exact) mass is 244 g/mol. The first kappa shape index (κ1) is 12.3. The van der Waals surface area contributed by atoms with Crippen LogP contribution >= 0.6 is 0 Å². The second-order valence-corrected chi connectivity index (χ2v) is 3.75. The normalized spacial score (nSPS) is 10.1. The van der Waals surface area contributed by atoms with Crippen LogP contribution in [0.3, 0.4) is 0 Å². The van der Waals surface area contributed by atoms with Gasteiger partial charge in [-0.05, 0) is 26.0 Å². The van der Waals surface area contributed by atoms with Gasteiger partial charge in [-0.1, -0.05) is 6.07 Å². The molecule has 2 heterocycles. The maximum atomic E-state index is 5.37. The van der Waals surface area contributed by atoms with Gasteiger partial charge in [-0.25, -0.2) is 4.98 Å². The molecular formula is C13H16N4O. The number of aryl methyl sites for hydroxylation is 1. The molecule has 2 aromatic heterocycles. The number of rotatable bonds is 5. The number of nitrogens with one attached hydrogen (secondary N) is 1. The maximum Gasteiger partial charge on any atom is 0.218 e. The van der Waals surface area contributed by atoms with Gasteiger partial charge in [0.15, 0.2) is 0 Å². The Hall–Kier alpha value is -2.17. The first-order valence-electron chi connectivity index (χ1n) is 5.90. The number of aromatic nitrogens is 3. The topological polar surface area (TPSA) is 59.9 Å². The van der Waals surface area contributed by atoms with Gasteiger partial charge in [-0.2, -0.15) is 4.98 Å². The summed E-state index contributed by atoms with van der Waals surface area (Å²) in [7, 11) is 0. The Labute approximate surface area is 106 Å². The molecule has 0 spiro atoms. The van der Waals surface area contributed by atoms with Crippen LogP contribution in [0.5, 0.6) is 5.88 Å². The molecule has 0 aliphatic heterocycles. The predicted molar refractivity (Wildman–Crippen MR) is 69.5 cm³/mol. The molecule has 2 aromatic rings. The highest BCUT2D eigenvalue weighted by Crippen LogP contribution is 2.13. The molecule has 0 aromatic carbocycles. The number of pyridine rings is 1. The molecule has 0 saturated heterocycles. The van der Waals surface area contributed by atoms with E-state index in [9.17, 15) is 0 Å². The Morgan fingerprint density at radius 3 is 2.89 bits per heavy atom. The van der Waals surface area contributed by atoms with Gasteiger partial charge in [0.05, 0.1) is 18.8 Å². The van der Waals surface area contributed by atoms with Crippen LogP contribution in [0.2, 0.25) is 0 Å². The van der Waals surface area contributed by atoms with Crippen molar-refractivity contribution in [3.05, 3.63) is 42.0 Å². The van der Waals surface area contributed by atoms with Gasteiger partial charge in [-0.3, -0.25) is 4.98 Å².